The lowest BCUT2D eigenvalue weighted by Gasteiger charge is -2.07. The molecule has 0 unspecified atom stereocenters. The van der Waals surface area contributed by atoms with Crippen LogP contribution in [0.1, 0.15) is 16.1 Å². The lowest BCUT2D eigenvalue weighted by Crippen LogP contribution is -2.26. The van der Waals surface area contributed by atoms with Gasteiger partial charge in [0.05, 0.1) is 11.4 Å². The van der Waals surface area contributed by atoms with E-state index in [1.165, 1.54) is 10.7 Å². The number of para-hydroxylation sites is 2. The van der Waals surface area contributed by atoms with Gasteiger partial charge in [-0.2, -0.15) is 0 Å². The van der Waals surface area contributed by atoms with Crippen LogP contribution in [0.3, 0.4) is 0 Å². The van der Waals surface area contributed by atoms with E-state index in [1.54, 1.807) is 67.2 Å². The number of anilines is 1. The molecule has 9 nitrogen and oxygen atoms in total. The third kappa shape index (κ3) is 3.83. The molecule has 0 aliphatic carbocycles. The van der Waals surface area contributed by atoms with Crippen molar-refractivity contribution in [2.75, 3.05) is 11.9 Å². The Hall–Kier alpha value is -4.40. The van der Waals surface area contributed by atoms with Crippen LogP contribution in [0.2, 0.25) is 0 Å². The van der Waals surface area contributed by atoms with Crippen molar-refractivity contribution in [3.8, 4) is 5.69 Å². The first-order valence-corrected chi connectivity index (χ1v) is 9.70. The maximum Gasteiger partial charge on any atom is 0.351 e. The molecule has 1 amide bonds. The van der Waals surface area contributed by atoms with Gasteiger partial charge in [0.2, 0.25) is 0 Å². The van der Waals surface area contributed by atoms with Crippen LogP contribution < -0.4 is 16.5 Å². The summed E-state index contributed by atoms with van der Waals surface area (Å²) in [5.74, 6) is -1.71. The third-order valence-electron chi connectivity index (χ3n) is 5.01. The summed E-state index contributed by atoms with van der Waals surface area (Å²) in [6.07, 6.45) is 0. The number of nitrogens with zero attached hydrogens (tertiary/aromatic N) is 2. The summed E-state index contributed by atoms with van der Waals surface area (Å²) < 4.78 is 13.1. The topological polar surface area (TPSA) is 113 Å². The molecule has 2 heterocycles. The van der Waals surface area contributed by atoms with E-state index in [1.807, 2.05) is 6.07 Å². The molecule has 2 aromatic heterocycles. The zero-order valence-electron chi connectivity index (χ0n) is 17.3. The van der Waals surface area contributed by atoms with Gasteiger partial charge in [0.25, 0.3) is 11.5 Å². The van der Waals surface area contributed by atoms with Gasteiger partial charge in [-0.15, -0.1) is 0 Å². The van der Waals surface area contributed by atoms with Gasteiger partial charge in [0, 0.05) is 12.4 Å². The Morgan fingerprint density at radius 1 is 1.03 bits per heavy atom. The lowest BCUT2D eigenvalue weighted by molar-refractivity contribution is -0.119. The van der Waals surface area contributed by atoms with Crippen LogP contribution in [0, 0.1) is 6.92 Å². The van der Waals surface area contributed by atoms with Crippen LogP contribution >= 0.6 is 0 Å². The number of esters is 1. The molecule has 0 radical (unpaired) electrons. The Labute approximate surface area is 181 Å². The van der Waals surface area contributed by atoms with E-state index in [0.29, 0.717) is 22.4 Å². The van der Waals surface area contributed by atoms with Crippen molar-refractivity contribution < 1.29 is 18.7 Å². The van der Waals surface area contributed by atoms with E-state index in [-0.39, 0.29) is 11.3 Å². The average molecular weight is 433 g/mol. The van der Waals surface area contributed by atoms with Gasteiger partial charge in [0.15, 0.2) is 6.61 Å². The van der Waals surface area contributed by atoms with Crippen LogP contribution in [0.4, 0.5) is 5.69 Å². The average Bonchev–Trinajstić information content (AvgIpc) is 3.00. The number of nitrogens with one attached hydrogen (secondary N) is 1. The fraction of sp³-hybridized carbons (Fsp3) is 0.130. The second kappa shape index (κ2) is 8.38. The minimum absolute atomic E-state index is 0.0719. The van der Waals surface area contributed by atoms with Crippen LogP contribution in [0.15, 0.2) is 74.7 Å². The molecule has 0 saturated carbocycles. The van der Waals surface area contributed by atoms with Crippen molar-refractivity contribution in [3.63, 3.8) is 0 Å². The maximum absolute atomic E-state index is 12.8. The first-order chi connectivity index (χ1) is 15.4. The number of carbonyl (C=O) groups is 2. The van der Waals surface area contributed by atoms with Crippen LogP contribution in [0.25, 0.3) is 16.7 Å². The zero-order chi connectivity index (χ0) is 22.8. The minimum Gasteiger partial charge on any atom is -0.452 e. The first-order valence-electron chi connectivity index (χ1n) is 9.70. The van der Waals surface area contributed by atoms with Crippen molar-refractivity contribution in [2.45, 2.75) is 6.92 Å². The molecule has 0 saturated heterocycles. The quantitative estimate of drug-likeness (QED) is 0.382. The van der Waals surface area contributed by atoms with E-state index in [0.717, 1.165) is 0 Å². The number of benzene rings is 2. The lowest BCUT2D eigenvalue weighted by atomic mass is 10.2. The fourth-order valence-corrected chi connectivity index (χ4v) is 3.30. The Balaban J connectivity index is 1.49. The summed E-state index contributed by atoms with van der Waals surface area (Å²) in [6, 6.07) is 17.0. The molecule has 9 heteroatoms. The molecule has 2 aromatic carbocycles. The molecule has 0 atom stereocenters. The van der Waals surface area contributed by atoms with E-state index in [4.69, 9.17) is 9.15 Å². The van der Waals surface area contributed by atoms with Crippen molar-refractivity contribution >= 4 is 28.5 Å². The number of ether oxygens (including phenoxy) is 1. The normalized spacial score (nSPS) is 10.8. The molecule has 0 spiro atoms. The largest absolute Gasteiger partial charge is 0.452 e. The zero-order valence-corrected chi connectivity index (χ0v) is 17.3. The molecule has 0 fully saturated rings. The van der Waals surface area contributed by atoms with E-state index in [2.05, 4.69) is 5.32 Å². The predicted molar refractivity (Wildman–Crippen MR) is 117 cm³/mol. The summed E-state index contributed by atoms with van der Waals surface area (Å²) in [6.45, 7) is 1.01. The summed E-state index contributed by atoms with van der Waals surface area (Å²) in [4.78, 5) is 49.6. The standard InChI is InChI=1S/C23H19N3O6/c1-14-20(21(28)26(25(14)2)16-9-4-3-5-10-16)24-19(27)13-31-22(29)17-12-15-8-6-7-11-18(15)32-23(17)30/h3-12H,13H2,1-2H3,(H,24,27). The second-order valence-electron chi connectivity index (χ2n) is 7.05. The maximum atomic E-state index is 12.8. The fourth-order valence-electron chi connectivity index (χ4n) is 3.30. The number of aromatic nitrogens is 2. The molecular weight excluding hydrogens is 414 g/mol. The highest BCUT2D eigenvalue weighted by molar-refractivity contribution is 5.96. The van der Waals surface area contributed by atoms with Crippen LogP contribution in [-0.4, -0.2) is 27.8 Å². The molecule has 0 bridgehead atoms. The van der Waals surface area contributed by atoms with Crippen molar-refractivity contribution in [2.24, 2.45) is 7.05 Å². The molecule has 1 N–H and O–H groups in total. The SMILES string of the molecule is Cc1c(NC(=O)COC(=O)c2cc3ccccc3oc2=O)c(=O)n(-c2ccccc2)n1C. The number of carbonyl (C=O) groups excluding carboxylic acids is 2. The second-order valence-corrected chi connectivity index (χ2v) is 7.05. The van der Waals surface area contributed by atoms with E-state index in [9.17, 15) is 19.2 Å². The van der Waals surface area contributed by atoms with Gasteiger partial charge < -0.3 is 14.5 Å². The molecule has 0 aliphatic heterocycles. The van der Waals surface area contributed by atoms with Gasteiger partial charge in [-0.3, -0.25) is 14.3 Å². The Bertz CT molecular complexity index is 1450. The van der Waals surface area contributed by atoms with Gasteiger partial charge in [-0.1, -0.05) is 36.4 Å². The van der Waals surface area contributed by atoms with Gasteiger partial charge in [-0.25, -0.2) is 14.3 Å². The summed E-state index contributed by atoms with van der Waals surface area (Å²) in [7, 11) is 1.69. The van der Waals surface area contributed by atoms with Crippen molar-refractivity contribution in [3.05, 3.63) is 92.7 Å². The Morgan fingerprint density at radius 3 is 2.47 bits per heavy atom. The Kier molecular flexibility index (Phi) is 5.46. The van der Waals surface area contributed by atoms with Crippen LogP contribution in [0.5, 0.6) is 0 Å². The van der Waals surface area contributed by atoms with E-state index >= 15 is 0 Å². The highest BCUT2D eigenvalue weighted by Crippen LogP contribution is 2.15. The van der Waals surface area contributed by atoms with Crippen LogP contribution in [-0.2, 0) is 16.6 Å². The highest BCUT2D eigenvalue weighted by atomic mass is 16.5. The van der Waals surface area contributed by atoms with Gasteiger partial charge in [0.1, 0.15) is 16.8 Å². The number of rotatable bonds is 5. The van der Waals surface area contributed by atoms with Crippen molar-refractivity contribution in [1.29, 1.82) is 0 Å². The first kappa shape index (κ1) is 20.9. The summed E-state index contributed by atoms with van der Waals surface area (Å²) in [5, 5.41) is 3.03. The minimum atomic E-state index is -0.994. The predicted octanol–water partition coefficient (Wildman–Crippen LogP) is 2.39. The smallest absolute Gasteiger partial charge is 0.351 e. The summed E-state index contributed by atoms with van der Waals surface area (Å²) in [5.41, 5.74) is -0.0425. The van der Waals surface area contributed by atoms with Gasteiger partial charge in [-0.05, 0) is 31.2 Å². The molecule has 4 aromatic rings. The van der Waals surface area contributed by atoms with Crippen molar-refractivity contribution in [1.82, 2.24) is 9.36 Å². The molecule has 4 rings (SSSR count). The van der Waals surface area contributed by atoms with E-state index < -0.39 is 29.7 Å². The number of fused-ring (bicyclic) bond motifs is 1. The molecule has 0 aliphatic rings. The molecule has 162 valence electrons. The molecule has 32 heavy (non-hydrogen) atoms. The highest BCUT2D eigenvalue weighted by Gasteiger charge is 2.20. The number of amides is 1. The number of hydrogen-bond donors (Lipinski definition) is 1. The monoisotopic (exact) mass is 433 g/mol. The van der Waals surface area contributed by atoms with Gasteiger partial charge >= 0.3 is 11.6 Å². The Morgan fingerprint density at radius 2 is 1.72 bits per heavy atom. The third-order valence-corrected chi connectivity index (χ3v) is 5.01. The number of hydrogen-bond acceptors (Lipinski definition) is 6. The summed E-state index contributed by atoms with van der Waals surface area (Å²) >= 11 is 0. The molecular formula is C23H19N3O6.